The number of nitrogen functional groups attached to an aromatic ring is 1. The maximum atomic E-state index is 11.7. The molecule has 0 fully saturated rings. The van der Waals surface area contributed by atoms with Gasteiger partial charge in [0.05, 0.1) is 18.9 Å². The number of carbonyl (C=O) groups excluding carboxylic acids is 1. The van der Waals surface area contributed by atoms with Crippen molar-refractivity contribution in [1.82, 2.24) is 5.32 Å². The van der Waals surface area contributed by atoms with Crippen molar-refractivity contribution >= 4 is 11.6 Å². The second-order valence-corrected chi connectivity index (χ2v) is 3.48. The summed E-state index contributed by atoms with van der Waals surface area (Å²) in [5, 5.41) is 20.5. The van der Waals surface area contributed by atoms with Crippen LogP contribution >= 0.6 is 0 Å². The summed E-state index contributed by atoms with van der Waals surface area (Å²) in [5.74, 6) is -0.521. The standard InChI is InChI=1S/C11H16N2O4/c1-7(17-5-4-14)13-11(16)8-2-3-9(12)10(15)6-8/h2-3,6-7,14-15H,4-5,12H2,1H3,(H,13,16). The van der Waals surface area contributed by atoms with E-state index in [2.05, 4.69) is 5.32 Å². The SMILES string of the molecule is CC(NC(=O)c1ccc(N)c(O)c1)OCCO. The number of nitrogens with one attached hydrogen (secondary N) is 1. The Bertz CT molecular complexity index is 395. The molecule has 0 radical (unpaired) electrons. The highest BCUT2D eigenvalue weighted by Crippen LogP contribution is 2.20. The minimum atomic E-state index is -0.519. The number of amides is 1. The Morgan fingerprint density at radius 2 is 2.29 bits per heavy atom. The van der Waals surface area contributed by atoms with Gasteiger partial charge in [-0.15, -0.1) is 0 Å². The first-order valence-corrected chi connectivity index (χ1v) is 5.16. The topological polar surface area (TPSA) is 105 Å². The number of benzene rings is 1. The van der Waals surface area contributed by atoms with E-state index in [0.29, 0.717) is 0 Å². The van der Waals surface area contributed by atoms with Gasteiger partial charge in [0, 0.05) is 5.56 Å². The van der Waals surface area contributed by atoms with Crippen molar-refractivity contribution in [3.63, 3.8) is 0 Å². The van der Waals surface area contributed by atoms with E-state index in [0.717, 1.165) is 0 Å². The molecule has 0 aliphatic rings. The average Bonchev–Trinajstić information content (AvgIpc) is 2.30. The fourth-order valence-electron chi connectivity index (χ4n) is 1.22. The fourth-order valence-corrected chi connectivity index (χ4v) is 1.22. The van der Waals surface area contributed by atoms with Crippen molar-refractivity contribution in [2.75, 3.05) is 18.9 Å². The third kappa shape index (κ3) is 3.93. The Labute approximate surface area is 99.0 Å². The fraction of sp³-hybridized carbons (Fsp3) is 0.364. The number of nitrogens with two attached hydrogens (primary N) is 1. The third-order valence-electron chi connectivity index (χ3n) is 2.09. The van der Waals surface area contributed by atoms with Crippen LogP contribution in [0.4, 0.5) is 5.69 Å². The first-order chi connectivity index (χ1) is 8.04. The Morgan fingerprint density at radius 1 is 1.59 bits per heavy atom. The molecule has 0 spiro atoms. The van der Waals surface area contributed by atoms with Gasteiger partial charge in [-0.1, -0.05) is 0 Å². The monoisotopic (exact) mass is 240 g/mol. The van der Waals surface area contributed by atoms with Crippen LogP contribution in [-0.2, 0) is 4.74 Å². The van der Waals surface area contributed by atoms with Crippen LogP contribution in [0.5, 0.6) is 5.75 Å². The molecule has 1 aromatic rings. The van der Waals surface area contributed by atoms with E-state index in [4.69, 9.17) is 15.6 Å². The lowest BCUT2D eigenvalue weighted by Crippen LogP contribution is -2.35. The average molecular weight is 240 g/mol. The van der Waals surface area contributed by atoms with E-state index in [1.807, 2.05) is 0 Å². The summed E-state index contributed by atoms with van der Waals surface area (Å²) in [6.07, 6.45) is -0.519. The summed E-state index contributed by atoms with van der Waals surface area (Å²) in [7, 11) is 0. The number of phenolic OH excluding ortho intramolecular Hbond substituents is 1. The van der Waals surface area contributed by atoms with Gasteiger partial charge >= 0.3 is 0 Å². The zero-order valence-electron chi connectivity index (χ0n) is 9.51. The summed E-state index contributed by atoms with van der Waals surface area (Å²) in [4.78, 5) is 11.7. The number of hydrogen-bond donors (Lipinski definition) is 4. The number of aliphatic hydroxyl groups excluding tert-OH is 1. The highest BCUT2D eigenvalue weighted by Gasteiger charge is 2.11. The third-order valence-corrected chi connectivity index (χ3v) is 2.09. The number of phenols is 1. The second kappa shape index (κ2) is 6.07. The maximum Gasteiger partial charge on any atom is 0.253 e. The lowest BCUT2D eigenvalue weighted by atomic mass is 10.2. The smallest absolute Gasteiger partial charge is 0.253 e. The molecular formula is C11H16N2O4. The molecule has 0 saturated heterocycles. The number of hydrogen-bond acceptors (Lipinski definition) is 5. The predicted octanol–water partition coefficient (Wildman–Crippen LogP) is 0.0591. The lowest BCUT2D eigenvalue weighted by molar-refractivity contribution is 0.0199. The van der Waals surface area contributed by atoms with Gasteiger partial charge in [0.15, 0.2) is 0 Å². The molecule has 0 aromatic heterocycles. The minimum Gasteiger partial charge on any atom is -0.506 e. The van der Waals surface area contributed by atoms with Crippen LogP contribution in [0.3, 0.4) is 0 Å². The van der Waals surface area contributed by atoms with Crippen molar-refractivity contribution in [2.45, 2.75) is 13.2 Å². The molecule has 0 bridgehead atoms. The van der Waals surface area contributed by atoms with Gasteiger partial charge in [-0.25, -0.2) is 0 Å². The Balaban J connectivity index is 2.60. The highest BCUT2D eigenvalue weighted by molar-refractivity contribution is 5.95. The van der Waals surface area contributed by atoms with Gasteiger partial charge in [-0.2, -0.15) is 0 Å². The number of aromatic hydroxyl groups is 1. The van der Waals surface area contributed by atoms with E-state index in [1.165, 1.54) is 18.2 Å². The Hall–Kier alpha value is -1.79. The highest BCUT2D eigenvalue weighted by atomic mass is 16.5. The molecule has 6 heteroatoms. The van der Waals surface area contributed by atoms with Gasteiger partial charge in [0.1, 0.15) is 12.0 Å². The van der Waals surface area contributed by atoms with Crippen LogP contribution in [0.25, 0.3) is 0 Å². The molecule has 1 unspecified atom stereocenters. The van der Waals surface area contributed by atoms with Crippen molar-refractivity contribution < 1.29 is 19.7 Å². The summed E-state index contributed by atoms with van der Waals surface area (Å²) < 4.78 is 5.07. The zero-order valence-corrected chi connectivity index (χ0v) is 9.51. The van der Waals surface area contributed by atoms with Gasteiger partial charge < -0.3 is 26.0 Å². The Kier molecular flexibility index (Phi) is 4.74. The van der Waals surface area contributed by atoms with E-state index >= 15 is 0 Å². The van der Waals surface area contributed by atoms with E-state index in [1.54, 1.807) is 6.92 Å². The molecule has 1 rings (SSSR count). The number of anilines is 1. The molecule has 0 saturated carbocycles. The first-order valence-electron chi connectivity index (χ1n) is 5.16. The quantitative estimate of drug-likeness (QED) is 0.331. The number of carbonyl (C=O) groups is 1. The molecule has 1 amide bonds. The van der Waals surface area contributed by atoms with Crippen LogP contribution in [0, 0.1) is 0 Å². The minimum absolute atomic E-state index is 0.108. The van der Waals surface area contributed by atoms with Crippen LogP contribution in [-0.4, -0.2) is 35.6 Å². The summed E-state index contributed by atoms with van der Waals surface area (Å²) >= 11 is 0. The summed E-state index contributed by atoms with van der Waals surface area (Å²) in [6, 6.07) is 4.23. The number of aliphatic hydroxyl groups is 1. The Morgan fingerprint density at radius 3 is 2.88 bits per heavy atom. The molecule has 17 heavy (non-hydrogen) atoms. The molecule has 94 valence electrons. The molecule has 0 aliphatic carbocycles. The zero-order chi connectivity index (χ0) is 12.8. The van der Waals surface area contributed by atoms with Crippen molar-refractivity contribution in [2.24, 2.45) is 0 Å². The number of rotatable bonds is 5. The number of ether oxygens (including phenoxy) is 1. The van der Waals surface area contributed by atoms with Crippen LogP contribution in [0.1, 0.15) is 17.3 Å². The summed E-state index contributed by atoms with van der Waals surface area (Å²) in [5.41, 5.74) is 5.92. The normalized spacial score (nSPS) is 12.1. The van der Waals surface area contributed by atoms with Gasteiger partial charge in [-0.3, -0.25) is 4.79 Å². The van der Waals surface area contributed by atoms with E-state index in [-0.39, 0.29) is 36.1 Å². The molecular weight excluding hydrogens is 224 g/mol. The van der Waals surface area contributed by atoms with Crippen molar-refractivity contribution in [1.29, 1.82) is 0 Å². The first kappa shape index (κ1) is 13.3. The van der Waals surface area contributed by atoms with Crippen LogP contribution < -0.4 is 11.1 Å². The summed E-state index contributed by atoms with van der Waals surface area (Å²) in [6.45, 7) is 1.68. The van der Waals surface area contributed by atoms with Gasteiger partial charge in [0.2, 0.25) is 0 Å². The van der Waals surface area contributed by atoms with Crippen LogP contribution in [0.2, 0.25) is 0 Å². The van der Waals surface area contributed by atoms with E-state index < -0.39 is 6.23 Å². The van der Waals surface area contributed by atoms with Crippen LogP contribution in [0.15, 0.2) is 18.2 Å². The predicted molar refractivity (Wildman–Crippen MR) is 62.5 cm³/mol. The second-order valence-electron chi connectivity index (χ2n) is 3.48. The molecule has 5 N–H and O–H groups in total. The van der Waals surface area contributed by atoms with Gasteiger partial charge in [-0.05, 0) is 25.1 Å². The molecule has 1 atom stereocenters. The van der Waals surface area contributed by atoms with Crippen molar-refractivity contribution in [3.8, 4) is 5.75 Å². The molecule has 1 aromatic carbocycles. The maximum absolute atomic E-state index is 11.7. The molecule has 6 nitrogen and oxygen atoms in total. The largest absolute Gasteiger partial charge is 0.506 e. The molecule has 0 heterocycles. The molecule has 0 aliphatic heterocycles. The van der Waals surface area contributed by atoms with E-state index in [9.17, 15) is 9.90 Å². The van der Waals surface area contributed by atoms with Gasteiger partial charge in [0.25, 0.3) is 5.91 Å². The lowest BCUT2D eigenvalue weighted by Gasteiger charge is -2.14. The van der Waals surface area contributed by atoms with Crippen molar-refractivity contribution in [3.05, 3.63) is 23.8 Å².